The zero-order valence-electron chi connectivity index (χ0n) is 8.19. The van der Waals surface area contributed by atoms with Crippen LogP contribution in [-0.2, 0) is 16.1 Å². The zero-order valence-corrected chi connectivity index (χ0v) is 8.19. The fraction of sp³-hybridized carbons (Fsp3) is 0.300. The van der Waals surface area contributed by atoms with E-state index in [4.69, 9.17) is 9.47 Å². The molecule has 0 spiro atoms. The van der Waals surface area contributed by atoms with Crippen LogP contribution in [0.1, 0.15) is 12.5 Å². The second-order valence-electron chi connectivity index (χ2n) is 2.35. The van der Waals surface area contributed by atoms with Crippen LogP contribution < -0.4 is 18.9 Å². The Labute approximate surface area is 91.4 Å². The summed E-state index contributed by atoms with van der Waals surface area (Å²) in [5.74, 6) is 0. The van der Waals surface area contributed by atoms with Gasteiger partial charge in [0.05, 0.1) is 6.61 Å². The molecule has 0 aromatic heterocycles. The minimum atomic E-state index is 0. The smallest absolute Gasteiger partial charge is 0.532 e. The molecule has 0 aliphatic carbocycles. The molecule has 0 unspecified atom stereocenters. The summed E-state index contributed by atoms with van der Waals surface area (Å²) in [6.45, 7) is 4.37. The Hall–Kier alpha value is -0.263. The Bertz CT molecular complexity index is 201. The van der Waals surface area contributed by atoms with Gasteiger partial charge in [-0.1, -0.05) is 30.3 Å². The minimum absolute atomic E-state index is 0. The summed E-state index contributed by atoms with van der Waals surface area (Å²) in [5, 5.41) is 0. The van der Waals surface area contributed by atoms with Crippen molar-refractivity contribution in [2.24, 2.45) is 0 Å². The quantitative estimate of drug-likeness (QED) is 0.254. The molecule has 0 N–H and O–H groups in total. The monoisotopic (exact) mass is 172 g/mol. The Kier molecular flexibility index (Phi) is 8.17. The van der Waals surface area contributed by atoms with E-state index in [-0.39, 0.29) is 18.9 Å². The third-order valence-electron chi connectivity index (χ3n) is 1.43. The summed E-state index contributed by atoms with van der Waals surface area (Å²) < 4.78 is 10.1. The van der Waals surface area contributed by atoms with Crippen molar-refractivity contribution in [3.05, 3.63) is 42.5 Å². The van der Waals surface area contributed by atoms with Gasteiger partial charge in [0.25, 0.3) is 0 Å². The topological polar surface area (TPSA) is 18.5 Å². The predicted octanol–water partition coefficient (Wildman–Crippen LogP) is -0.637. The second kappa shape index (κ2) is 8.34. The number of hydrogen-bond acceptors (Lipinski definition) is 2. The van der Waals surface area contributed by atoms with Crippen molar-refractivity contribution in [3.63, 3.8) is 0 Å². The van der Waals surface area contributed by atoms with Crippen molar-refractivity contribution in [2.45, 2.75) is 13.5 Å². The molecule has 1 rings (SSSR count). The zero-order chi connectivity index (χ0) is 8.65. The molecule has 0 radical (unpaired) electrons. The Balaban J connectivity index is 0.00000144. The molecule has 0 atom stereocenters. The van der Waals surface area contributed by atoms with Gasteiger partial charge in [0.2, 0.25) is 0 Å². The predicted molar refractivity (Wildman–Crippen MR) is 47.2 cm³/mol. The van der Waals surface area contributed by atoms with Crippen LogP contribution in [0.15, 0.2) is 30.3 Å². The van der Waals surface area contributed by atoms with E-state index in [2.05, 4.69) is 0 Å². The number of hydrogen-bond donors (Lipinski definition) is 0. The molecule has 0 heterocycles. The van der Waals surface area contributed by atoms with Gasteiger partial charge in [0, 0.05) is 0 Å². The largest absolute Gasteiger partial charge is 1.00 e. The van der Waals surface area contributed by atoms with E-state index >= 15 is 0 Å². The van der Waals surface area contributed by atoms with Gasteiger partial charge >= 0.3 is 18.9 Å². The number of rotatable bonds is 5. The summed E-state index contributed by atoms with van der Waals surface area (Å²) in [6, 6.07) is 10.0. The first kappa shape index (κ1) is 12.7. The van der Waals surface area contributed by atoms with Crippen molar-refractivity contribution >= 4 is 0 Å². The van der Waals surface area contributed by atoms with Gasteiger partial charge in [0.15, 0.2) is 0 Å². The van der Waals surface area contributed by atoms with Crippen LogP contribution in [0.4, 0.5) is 0 Å². The maximum absolute atomic E-state index is 5.21. The normalized spacial score (nSPS) is 9.31. The van der Waals surface area contributed by atoms with Crippen molar-refractivity contribution < 1.29 is 28.3 Å². The van der Waals surface area contributed by atoms with Crippen LogP contribution >= 0.6 is 0 Å². The van der Waals surface area contributed by atoms with Crippen LogP contribution in [0.25, 0.3) is 0 Å². The van der Waals surface area contributed by atoms with E-state index < -0.39 is 0 Å². The third kappa shape index (κ3) is 5.90. The summed E-state index contributed by atoms with van der Waals surface area (Å²) in [5.41, 5.74) is 1.16. The number of ether oxygens (including phenoxy) is 2. The van der Waals surface area contributed by atoms with Gasteiger partial charge in [-0.25, -0.2) is 6.61 Å². The molecule has 0 amide bonds. The molecule has 0 bridgehead atoms. The van der Waals surface area contributed by atoms with Gasteiger partial charge in [-0.15, -0.1) is 0 Å². The fourth-order valence-corrected chi connectivity index (χ4v) is 0.850. The average molecular weight is 172 g/mol. The molecule has 0 aliphatic heterocycles. The van der Waals surface area contributed by atoms with Gasteiger partial charge in [-0.3, -0.25) is 0 Å². The first-order valence-corrected chi connectivity index (χ1v) is 3.94. The van der Waals surface area contributed by atoms with Gasteiger partial charge in [0.1, 0.15) is 6.79 Å². The second-order valence-corrected chi connectivity index (χ2v) is 2.35. The SMILES string of the molecule is C[CH-]OCOCc1ccccc1.[Li+]. The molecule has 0 saturated carbocycles. The first-order valence-electron chi connectivity index (χ1n) is 3.94. The first-order chi connectivity index (χ1) is 5.93. The van der Waals surface area contributed by atoms with E-state index in [1.54, 1.807) is 6.61 Å². The van der Waals surface area contributed by atoms with Crippen molar-refractivity contribution in [1.29, 1.82) is 0 Å². The van der Waals surface area contributed by atoms with Gasteiger partial charge in [-0.05, 0) is 5.56 Å². The van der Waals surface area contributed by atoms with Crippen LogP contribution in [0.5, 0.6) is 0 Å². The van der Waals surface area contributed by atoms with E-state index in [1.165, 1.54) is 0 Å². The van der Waals surface area contributed by atoms with Crippen LogP contribution in [0.2, 0.25) is 0 Å². The average Bonchev–Trinajstić information content (AvgIpc) is 2.14. The molecule has 3 heteroatoms. The minimum Gasteiger partial charge on any atom is -0.532 e. The Morgan fingerprint density at radius 1 is 1.23 bits per heavy atom. The summed E-state index contributed by atoms with van der Waals surface area (Å²) in [4.78, 5) is 0. The van der Waals surface area contributed by atoms with Crippen molar-refractivity contribution in [3.8, 4) is 0 Å². The van der Waals surface area contributed by atoms with Gasteiger partial charge in [-0.2, -0.15) is 6.92 Å². The van der Waals surface area contributed by atoms with Crippen LogP contribution in [0.3, 0.4) is 0 Å². The van der Waals surface area contributed by atoms with Crippen LogP contribution in [0, 0.1) is 6.61 Å². The Morgan fingerprint density at radius 3 is 2.54 bits per heavy atom. The molecule has 0 fully saturated rings. The molecule has 2 nitrogen and oxygen atoms in total. The van der Waals surface area contributed by atoms with Crippen molar-refractivity contribution in [1.82, 2.24) is 0 Å². The standard InChI is InChI=1S/C10H13O2.Li/c1-2-11-9-12-8-10-6-4-3-5-7-10;/h2-7H,8-9H2,1H3;/q-1;+1. The number of benzene rings is 1. The maximum Gasteiger partial charge on any atom is 1.00 e. The summed E-state index contributed by atoms with van der Waals surface area (Å²) in [6.07, 6.45) is 0. The summed E-state index contributed by atoms with van der Waals surface area (Å²) in [7, 11) is 0. The molecule has 0 saturated heterocycles. The molecule has 66 valence electrons. The molecule has 13 heavy (non-hydrogen) atoms. The third-order valence-corrected chi connectivity index (χ3v) is 1.43. The van der Waals surface area contributed by atoms with E-state index in [0.717, 1.165) is 5.56 Å². The van der Waals surface area contributed by atoms with Crippen LogP contribution in [-0.4, -0.2) is 6.79 Å². The summed E-state index contributed by atoms with van der Waals surface area (Å²) >= 11 is 0. The molecule has 1 aromatic rings. The fourth-order valence-electron chi connectivity index (χ4n) is 0.850. The molecule has 1 aromatic carbocycles. The van der Waals surface area contributed by atoms with Gasteiger partial charge < -0.3 is 9.47 Å². The van der Waals surface area contributed by atoms with E-state index in [0.29, 0.717) is 13.4 Å². The Morgan fingerprint density at radius 2 is 1.92 bits per heavy atom. The van der Waals surface area contributed by atoms with E-state index in [1.807, 2.05) is 37.3 Å². The molecular formula is C10H13LiO2. The maximum atomic E-state index is 5.21. The molecular weight excluding hydrogens is 159 g/mol. The van der Waals surface area contributed by atoms with E-state index in [9.17, 15) is 0 Å². The van der Waals surface area contributed by atoms with Crippen molar-refractivity contribution in [2.75, 3.05) is 6.79 Å². The molecule has 0 aliphatic rings.